The Kier molecular flexibility index (Phi) is 2.89. The van der Waals surface area contributed by atoms with E-state index in [2.05, 4.69) is 21.1 Å². The van der Waals surface area contributed by atoms with E-state index in [-0.39, 0.29) is 0 Å². The molecule has 0 bridgehead atoms. The Morgan fingerprint density at radius 2 is 2.29 bits per heavy atom. The van der Waals surface area contributed by atoms with Gasteiger partial charge in [-0.05, 0) is 29.5 Å². The van der Waals surface area contributed by atoms with Crippen molar-refractivity contribution in [1.82, 2.24) is 10.1 Å². The van der Waals surface area contributed by atoms with E-state index in [1.54, 1.807) is 11.3 Å². The zero-order valence-corrected chi connectivity index (χ0v) is 12.1. The van der Waals surface area contributed by atoms with E-state index in [1.807, 2.05) is 29.0 Å². The van der Waals surface area contributed by atoms with Gasteiger partial charge in [0, 0.05) is 17.5 Å². The molecule has 0 saturated carbocycles. The van der Waals surface area contributed by atoms with Crippen molar-refractivity contribution in [2.45, 2.75) is 13.0 Å². The van der Waals surface area contributed by atoms with E-state index < -0.39 is 0 Å². The molecule has 3 heterocycles. The summed E-state index contributed by atoms with van der Waals surface area (Å²) in [6, 6.07) is 8.04. The summed E-state index contributed by atoms with van der Waals surface area (Å²) in [6.07, 6.45) is 1.01. The Balaban J connectivity index is 1.59. The van der Waals surface area contributed by atoms with E-state index in [9.17, 15) is 0 Å². The fourth-order valence-corrected chi connectivity index (χ4v) is 3.35. The van der Waals surface area contributed by atoms with Gasteiger partial charge in [0.25, 0.3) is 0 Å². The fraction of sp³-hybridized carbons (Fsp3) is 0.200. The molecule has 0 aliphatic carbocycles. The van der Waals surface area contributed by atoms with E-state index in [0.717, 1.165) is 29.9 Å². The van der Waals surface area contributed by atoms with E-state index in [1.165, 1.54) is 5.56 Å². The van der Waals surface area contributed by atoms with Crippen LogP contribution in [0.2, 0.25) is 0 Å². The smallest absolute Gasteiger partial charge is 0.246 e. The summed E-state index contributed by atoms with van der Waals surface area (Å²) in [5.74, 6) is 1.26. The predicted octanol–water partition coefficient (Wildman–Crippen LogP) is 2.94. The van der Waals surface area contributed by atoms with Crippen molar-refractivity contribution in [3.8, 4) is 11.4 Å². The standard InChI is InChI=1S/C15H14N4OS/c16-12-3-1-2-10-4-6-19(14(10)12)8-13-17-15(18-20-13)11-5-7-21-9-11/h1-3,5,7,9H,4,6,8,16H2. The third kappa shape index (κ3) is 2.17. The third-order valence-corrected chi connectivity index (χ3v) is 4.37. The molecule has 1 aliphatic heterocycles. The molecule has 0 amide bonds. The highest BCUT2D eigenvalue weighted by Gasteiger charge is 2.23. The molecule has 106 valence electrons. The van der Waals surface area contributed by atoms with E-state index >= 15 is 0 Å². The highest BCUT2D eigenvalue weighted by atomic mass is 32.1. The number of nitrogens with two attached hydrogens (primary N) is 1. The molecule has 0 unspecified atom stereocenters. The van der Waals surface area contributed by atoms with Crippen LogP contribution in [0, 0.1) is 0 Å². The first-order valence-electron chi connectivity index (χ1n) is 6.79. The summed E-state index contributed by atoms with van der Waals surface area (Å²) in [4.78, 5) is 6.67. The summed E-state index contributed by atoms with van der Waals surface area (Å²) in [7, 11) is 0. The Bertz CT molecular complexity index is 766. The number of hydrogen-bond donors (Lipinski definition) is 1. The lowest BCUT2D eigenvalue weighted by atomic mass is 10.1. The molecule has 1 aromatic carbocycles. The number of benzene rings is 1. The minimum atomic E-state index is 0.596. The summed E-state index contributed by atoms with van der Waals surface area (Å²) in [5, 5.41) is 8.06. The fourth-order valence-electron chi connectivity index (χ4n) is 2.72. The van der Waals surface area contributed by atoms with E-state index in [4.69, 9.17) is 10.3 Å². The molecule has 2 aromatic heterocycles. The van der Waals surface area contributed by atoms with Gasteiger partial charge in [0.15, 0.2) is 0 Å². The molecular weight excluding hydrogens is 284 g/mol. The molecule has 21 heavy (non-hydrogen) atoms. The first-order chi connectivity index (χ1) is 10.3. The number of nitrogen functional groups attached to an aromatic ring is 1. The Morgan fingerprint density at radius 3 is 3.14 bits per heavy atom. The first kappa shape index (κ1) is 12.4. The topological polar surface area (TPSA) is 68.2 Å². The first-order valence-corrected chi connectivity index (χ1v) is 7.73. The van der Waals surface area contributed by atoms with Gasteiger partial charge in [-0.15, -0.1) is 0 Å². The lowest BCUT2D eigenvalue weighted by Gasteiger charge is -2.18. The van der Waals surface area contributed by atoms with Crippen LogP contribution in [0.15, 0.2) is 39.5 Å². The second-order valence-corrected chi connectivity index (χ2v) is 5.83. The molecule has 2 N–H and O–H groups in total. The van der Waals surface area contributed by atoms with Crippen LogP contribution in [0.5, 0.6) is 0 Å². The van der Waals surface area contributed by atoms with Crippen LogP contribution >= 0.6 is 11.3 Å². The maximum absolute atomic E-state index is 6.09. The van der Waals surface area contributed by atoms with Crippen molar-refractivity contribution >= 4 is 22.7 Å². The minimum absolute atomic E-state index is 0.596. The number of rotatable bonds is 3. The van der Waals surface area contributed by atoms with Gasteiger partial charge < -0.3 is 15.2 Å². The molecule has 0 saturated heterocycles. The van der Waals surface area contributed by atoms with Gasteiger partial charge in [-0.25, -0.2) is 0 Å². The zero-order chi connectivity index (χ0) is 14.2. The summed E-state index contributed by atoms with van der Waals surface area (Å²) >= 11 is 1.62. The van der Waals surface area contributed by atoms with Crippen molar-refractivity contribution in [3.05, 3.63) is 46.5 Å². The van der Waals surface area contributed by atoms with Crippen molar-refractivity contribution in [3.63, 3.8) is 0 Å². The average Bonchev–Trinajstić information content (AvgIpc) is 3.19. The summed E-state index contributed by atoms with van der Waals surface area (Å²) in [6.45, 7) is 1.53. The predicted molar refractivity (Wildman–Crippen MR) is 83.2 cm³/mol. The summed E-state index contributed by atoms with van der Waals surface area (Å²) < 4.78 is 5.37. The normalized spacial score (nSPS) is 13.6. The molecular formula is C15H14N4OS. The number of hydrogen-bond acceptors (Lipinski definition) is 6. The highest BCUT2D eigenvalue weighted by Crippen LogP contribution is 2.34. The van der Waals surface area contributed by atoms with Crippen LogP contribution in [0.25, 0.3) is 11.4 Å². The maximum Gasteiger partial charge on any atom is 0.246 e. The molecule has 0 spiro atoms. The molecule has 0 fully saturated rings. The lowest BCUT2D eigenvalue weighted by molar-refractivity contribution is 0.377. The lowest BCUT2D eigenvalue weighted by Crippen LogP contribution is -2.20. The number of fused-ring (bicyclic) bond motifs is 1. The Morgan fingerprint density at radius 1 is 1.33 bits per heavy atom. The maximum atomic E-state index is 6.09. The van der Waals surface area contributed by atoms with E-state index in [0.29, 0.717) is 18.3 Å². The van der Waals surface area contributed by atoms with Gasteiger partial charge in [0.2, 0.25) is 11.7 Å². The number of para-hydroxylation sites is 1. The van der Waals surface area contributed by atoms with Crippen molar-refractivity contribution < 1.29 is 4.52 Å². The van der Waals surface area contributed by atoms with Crippen LogP contribution < -0.4 is 10.6 Å². The van der Waals surface area contributed by atoms with Crippen LogP contribution in [-0.4, -0.2) is 16.7 Å². The Hall–Kier alpha value is -2.34. The molecule has 0 atom stereocenters. The monoisotopic (exact) mass is 298 g/mol. The van der Waals surface area contributed by atoms with Crippen LogP contribution in [0.4, 0.5) is 11.4 Å². The molecule has 0 radical (unpaired) electrons. The van der Waals surface area contributed by atoms with Gasteiger partial charge >= 0.3 is 0 Å². The van der Waals surface area contributed by atoms with Crippen molar-refractivity contribution in [2.24, 2.45) is 0 Å². The molecule has 6 heteroatoms. The SMILES string of the molecule is Nc1cccc2c1N(Cc1nc(-c3ccsc3)no1)CC2. The summed E-state index contributed by atoms with van der Waals surface area (Å²) in [5.41, 5.74) is 10.3. The molecule has 1 aliphatic rings. The van der Waals surface area contributed by atoms with Crippen molar-refractivity contribution in [1.29, 1.82) is 0 Å². The minimum Gasteiger partial charge on any atom is -0.397 e. The van der Waals surface area contributed by atoms with Crippen LogP contribution in [0.1, 0.15) is 11.5 Å². The van der Waals surface area contributed by atoms with Crippen LogP contribution in [0.3, 0.4) is 0 Å². The van der Waals surface area contributed by atoms with Crippen molar-refractivity contribution in [2.75, 3.05) is 17.2 Å². The third-order valence-electron chi connectivity index (χ3n) is 3.69. The van der Waals surface area contributed by atoms with Gasteiger partial charge in [0.05, 0.1) is 17.9 Å². The number of anilines is 2. The van der Waals surface area contributed by atoms with Crippen LogP contribution in [-0.2, 0) is 13.0 Å². The number of aromatic nitrogens is 2. The average molecular weight is 298 g/mol. The quantitative estimate of drug-likeness (QED) is 0.753. The van der Waals surface area contributed by atoms with Gasteiger partial charge in [-0.1, -0.05) is 17.3 Å². The largest absolute Gasteiger partial charge is 0.397 e. The number of thiophene rings is 1. The Labute approximate surface area is 126 Å². The molecule has 4 rings (SSSR count). The zero-order valence-electron chi connectivity index (χ0n) is 11.3. The van der Waals surface area contributed by atoms with Gasteiger partial charge in [-0.3, -0.25) is 0 Å². The highest BCUT2D eigenvalue weighted by molar-refractivity contribution is 7.08. The second-order valence-electron chi connectivity index (χ2n) is 5.05. The van der Waals surface area contributed by atoms with Gasteiger partial charge in [-0.2, -0.15) is 16.3 Å². The van der Waals surface area contributed by atoms with Gasteiger partial charge in [0.1, 0.15) is 0 Å². The number of nitrogens with zero attached hydrogens (tertiary/aromatic N) is 3. The second kappa shape index (κ2) is 4.89. The molecule has 3 aromatic rings. The molecule has 5 nitrogen and oxygen atoms in total.